The van der Waals surface area contributed by atoms with Crippen molar-refractivity contribution in [2.24, 2.45) is 0 Å². The van der Waals surface area contributed by atoms with Crippen LogP contribution >= 0.6 is 31.9 Å². The summed E-state index contributed by atoms with van der Waals surface area (Å²) in [7, 11) is 0. The maximum atomic E-state index is 10.4. The average molecular weight is 498 g/mol. The summed E-state index contributed by atoms with van der Waals surface area (Å²) in [5, 5.41) is 8.59. The highest BCUT2D eigenvalue weighted by molar-refractivity contribution is 9.12. The molecule has 2 nitrogen and oxygen atoms in total. The van der Waals surface area contributed by atoms with Crippen LogP contribution in [0.25, 0.3) is 0 Å². The number of carboxylic acid groups (broad SMARTS) is 1. The van der Waals surface area contributed by atoms with Gasteiger partial charge in [-0.05, 0) is 19.3 Å². The van der Waals surface area contributed by atoms with Crippen molar-refractivity contribution >= 4 is 37.8 Å². The third-order valence-electron chi connectivity index (χ3n) is 5.10. The van der Waals surface area contributed by atoms with E-state index in [9.17, 15) is 4.79 Å². The van der Waals surface area contributed by atoms with Crippen LogP contribution in [0.15, 0.2) is 0 Å². The van der Waals surface area contributed by atoms with Gasteiger partial charge in [-0.25, -0.2) is 0 Å². The zero-order chi connectivity index (χ0) is 19.5. The summed E-state index contributed by atoms with van der Waals surface area (Å²) in [6.07, 6.45) is 22.2. The van der Waals surface area contributed by atoms with Crippen molar-refractivity contribution in [3.05, 3.63) is 0 Å². The van der Waals surface area contributed by atoms with Gasteiger partial charge in [0.15, 0.2) is 0 Å². The number of hydrogen-bond donors (Lipinski definition) is 1. The predicted molar refractivity (Wildman–Crippen MR) is 122 cm³/mol. The topological polar surface area (TPSA) is 37.3 Å². The van der Waals surface area contributed by atoms with E-state index in [-0.39, 0.29) is 0 Å². The molecular weight excluding hydrogens is 456 g/mol. The van der Waals surface area contributed by atoms with Crippen LogP contribution in [0.4, 0.5) is 0 Å². The summed E-state index contributed by atoms with van der Waals surface area (Å²) in [5.74, 6) is -0.659. The standard InChI is InChI=1S/C22H42Br2O2/c1-2-3-4-5-11-14-17-20(23)21(24)18-15-12-9-7-6-8-10-13-16-19-22(25)26/h20-21H,2-19H2,1H3,(H,25,26)/t20-,21-/m1/s1. The molecule has 26 heavy (non-hydrogen) atoms. The van der Waals surface area contributed by atoms with Gasteiger partial charge < -0.3 is 5.11 Å². The number of aliphatic carboxylic acids is 1. The van der Waals surface area contributed by atoms with Gasteiger partial charge in [-0.3, -0.25) is 4.79 Å². The molecule has 0 saturated carbocycles. The normalized spacial score (nSPS) is 13.7. The second-order valence-corrected chi connectivity index (χ2v) is 10.1. The lowest BCUT2D eigenvalue weighted by molar-refractivity contribution is -0.137. The van der Waals surface area contributed by atoms with Crippen molar-refractivity contribution in [2.45, 2.75) is 132 Å². The van der Waals surface area contributed by atoms with Gasteiger partial charge in [-0.1, -0.05) is 129 Å². The molecule has 0 bridgehead atoms. The van der Waals surface area contributed by atoms with Crippen molar-refractivity contribution in [1.82, 2.24) is 0 Å². The largest absolute Gasteiger partial charge is 0.481 e. The number of rotatable bonds is 20. The van der Waals surface area contributed by atoms with Crippen molar-refractivity contribution in [2.75, 3.05) is 0 Å². The van der Waals surface area contributed by atoms with Crippen molar-refractivity contribution in [3.63, 3.8) is 0 Å². The van der Waals surface area contributed by atoms with Crippen LogP contribution in [0.3, 0.4) is 0 Å². The quantitative estimate of drug-likeness (QED) is 0.135. The maximum Gasteiger partial charge on any atom is 0.303 e. The van der Waals surface area contributed by atoms with E-state index < -0.39 is 5.97 Å². The zero-order valence-corrected chi connectivity index (χ0v) is 20.2. The van der Waals surface area contributed by atoms with E-state index in [0.29, 0.717) is 16.1 Å². The molecule has 156 valence electrons. The third kappa shape index (κ3) is 19.2. The molecule has 4 heteroatoms. The van der Waals surface area contributed by atoms with Gasteiger partial charge in [0.1, 0.15) is 0 Å². The highest BCUT2D eigenvalue weighted by atomic mass is 79.9. The van der Waals surface area contributed by atoms with Crippen molar-refractivity contribution < 1.29 is 9.90 Å². The van der Waals surface area contributed by atoms with Gasteiger partial charge in [0.25, 0.3) is 0 Å². The average Bonchev–Trinajstić information content (AvgIpc) is 2.61. The first-order chi connectivity index (χ1) is 12.6. The number of carbonyl (C=O) groups is 1. The SMILES string of the molecule is CCCCCCCC[C@@H](Br)[C@H](Br)CCCCCCCCCCCC(=O)O. The van der Waals surface area contributed by atoms with E-state index in [0.717, 1.165) is 12.8 Å². The number of unbranched alkanes of at least 4 members (excludes halogenated alkanes) is 13. The van der Waals surface area contributed by atoms with Gasteiger partial charge in [0, 0.05) is 16.1 Å². The van der Waals surface area contributed by atoms with Gasteiger partial charge in [-0.2, -0.15) is 0 Å². The second-order valence-electron chi connectivity index (χ2n) is 7.70. The number of hydrogen-bond acceptors (Lipinski definition) is 1. The van der Waals surface area contributed by atoms with Gasteiger partial charge >= 0.3 is 5.97 Å². The Morgan fingerprint density at radius 1 is 0.654 bits per heavy atom. The monoisotopic (exact) mass is 496 g/mol. The third-order valence-corrected chi connectivity index (χ3v) is 8.00. The highest BCUT2D eigenvalue weighted by Crippen LogP contribution is 2.25. The molecular formula is C22H42Br2O2. The Bertz CT molecular complexity index is 311. The Labute approximate surface area is 179 Å². The molecule has 0 saturated heterocycles. The minimum Gasteiger partial charge on any atom is -0.481 e. The van der Waals surface area contributed by atoms with Crippen LogP contribution in [0.1, 0.15) is 122 Å². The Morgan fingerprint density at radius 2 is 1.00 bits per heavy atom. The molecule has 0 aliphatic carbocycles. The molecule has 0 aliphatic rings. The van der Waals surface area contributed by atoms with Gasteiger partial charge in [0.05, 0.1) is 0 Å². The van der Waals surface area contributed by atoms with E-state index in [4.69, 9.17) is 5.11 Å². The first-order valence-corrected chi connectivity index (χ1v) is 12.9. The maximum absolute atomic E-state index is 10.4. The molecule has 2 atom stereocenters. The van der Waals surface area contributed by atoms with E-state index >= 15 is 0 Å². The fourth-order valence-electron chi connectivity index (χ4n) is 3.33. The number of alkyl halides is 2. The lowest BCUT2D eigenvalue weighted by Crippen LogP contribution is -2.13. The molecule has 0 heterocycles. The molecule has 0 aliphatic heterocycles. The minimum atomic E-state index is -0.659. The van der Waals surface area contributed by atoms with Crippen LogP contribution in [0.2, 0.25) is 0 Å². The Kier molecular flexibility index (Phi) is 20.5. The molecule has 0 rings (SSSR count). The second kappa shape index (κ2) is 20.2. The van der Waals surface area contributed by atoms with Crippen LogP contribution in [-0.4, -0.2) is 20.7 Å². The van der Waals surface area contributed by atoms with Gasteiger partial charge in [-0.15, -0.1) is 0 Å². The predicted octanol–water partition coefficient (Wildman–Crippen LogP) is 8.64. The zero-order valence-electron chi connectivity index (χ0n) is 17.0. The lowest BCUT2D eigenvalue weighted by atomic mass is 10.0. The molecule has 0 spiro atoms. The smallest absolute Gasteiger partial charge is 0.303 e. The number of halogens is 2. The van der Waals surface area contributed by atoms with E-state index in [1.54, 1.807) is 0 Å². The van der Waals surface area contributed by atoms with E-state index in [2.05, 4.69) is 38.8 Å². The lowest BCUT2D eigenvalue weighted by Gasteiger charge is -2.16. The summed E-state index contributed by atoms with van der Waals surface area (Å²) in [6, 6.07) is 0. The fourth-order valence-corrected chi connectivity index (χ4v) is 4.51. The summed E-state index contributed by atoms with van der Waals surface area (Å²) >= 11 is 7.75. The first kappa shape index (κ1) is 26.4. The van der Waals surface area contributed by atoms with Crippen molar-refractivity contribution in [3.8, 4) is 0 Å². The van der Waals surface area contributed by atoms with Crippen molar-refractivity contribution in [1.29, 1.82) is 0 Å². The summed E-state index contributed by atoms with van der Waals surface area (Å²) in [6.45, 7) is 2.27. The Hall–Kier alpha value is 0.430. The van der Waals surface area contributed by atoms with Crippen LogP contribution in [0.5, 0.6) is 0 Å². The highest BCUT2D eigenvalue weighted by Gasteiger charge is 2.14. The number of carboxylic acids is 1. The van der Waals surface area contributed by atoms with Crippen LogP contribution < -0.4 is 0 Å². The molecule has 0 aromatic rings. The molecule has 0 radical (unpaired) electrons. The van der Waals surface area contributed by atoms with Crippen LogP contribution in [0, 0.1) is 0 Å². The molecule has 0 aromatic carbocycles. The molecule has 0 aromatic heterocycles. The van der Waals surface area contributed by atoms with E-state index in [1.807, 2.05) is 0 Å². The van der Waals surface area contributed by atoms with Crippen LogP contribution in [-0.2, 0) is 4.79 Å². The summed E-state index contributed by atoms with van der Waals surface area (Å²) in [5.41, 5.74) is 0. The molecule has 0 fully saturated rings. The molecule has 0 unspecified atom stereocenters. The summed E-state index contributed by atoms with van der Waals surface area (Å²) in [4.78, 5) is 11.7. The molecule has 0 amide bonds. The van der Waals surface area contributed by atoms with E-state index in [1.165, 1.54) is 96.3 Å². The fraction of sp³-hybridized carbons (Fsp3) is 0.955. The first-order valence-electron chi connectivity index (χ1n) is 11.1. The molecule has 1 N–H and O–H groups in total. The Morgan fingerprint density at radius 3 is 1.38 bits per heavy atom. The van der Waals surface area contributed by atoms with Gasteiger partial charge in [0.2, 0.25) is 0 Å². The minimum absolute atomic E-state index is 0.334. The Balaban J connectivity index is 3.31. The summed E-state index contributed by atoms with van der Waals surface area (Å²) < 4.78 is 0.